The molecule has 0 saturated carbocycles. The number of epoxide rings is 1. The van der Waals surface area contributed by atoms with E-state index in [4.69, 9.17) is 44.8 Å². The maximum absolute atomic E-state index is 14.4. The fraction of sp³-hybridized carbons (Fsp3) is 0.642. The number of aliphatic hydroxyl groups is 1. The number of anilines is 1. The van der Waals surface area contributed by atoms with Crippen molar-refractivity contribution in [3.05, 3.63) is 58.7 Å². The number of carbonyl (C=O) groups is 7. The summed E-state index contributed by atoms with van der Waals surface area (Å²) in [6.07, 6.45) is 6.21. The Kier molecular flexibility index (Phi) is 22.0. The van der Waals surface area contributed by atoms with Crippen molar-refractivity contribution in [2.75, 3.05) is 72.8 Å². The molecule has 1 aromatic carbocycles. The quantitative estimate of drug-likeness (QED) is 0.0766. The van der Waals surface area contributed by atoms with Gasteiger partial charge in [-0.3, -0.25) is 24.5 Å². The summed E-state index contributed by atoms with van der Waals surface area (Å²) in [6, 6.07) is 2.40. The number of alkyl carbamates (subject to hydrolysis) is 1. The normalized spacial score (nSPS) is 29.0. The van der Waals surface area contributed by atoms with E-state index in [2.05, 4.69) is 5.32 Å². The van der Waals surface area contributed by atoms with E-state index in [1.54, 1.807) is 66.2 Å². The first-order chi connectivity index (χ1) is 35.4. The molecule has 10 atom stereocenters. The fourth-order valence-corrected chi connectivity index (χ4v) is 10.2. The number of nitrogens with one attached hydrogen (secondary N) is 1. The van der Waals surface area contributed by atoms with E-state index < -0.39 is 83.8 Å². The topological polar surface area (TPSA) is 233 Å². The van der Waals surface area contributed by atoms with Gasteiger partial charge in [0.05, 0.1) is 31.4 Å². The standard InChI is InChI=1S/C53H76ClN5O15S/c1-12-36(60)31-70-37-17-14-19-38(20-15-18-37)71-50(65)56(6)23-24-57(7)51(66)75-25-22-44(61)58(8)34(4)48(63)73-43-29-45(62)59(9)39-27-35(28-40(68-10)46(39)54)26-32(2)16-13-21-42(69-11)53(67)30-41(72-49(64)55-53)33(3)47-52(43,5)74-47/h13-14,16,19,21,27-28,33-34,37-38,41-43,47,67H,12,15,17-18,20,22-26,29-31H2,1-11H3,(H,55,64)/b19-14+,21-13+,32-16+/t33-,34+,37?,38?,41+,42-,43+,47+,52+,53+/m1/s1. The zero-order valence-electron chi connectivity index (χ0n) is 45.1. The Morgan fingerprint density at radius 2 is 1.77 bits per heavy atom. The maximum atomic E-state index is 14.4. The number of halogens is 1. The van der Waals surface area contributed by atoms with Crippen LogP contribution in [0.2, 0.25) is 5.02 Å². The van der Waals surface area contributed by atoms with E-state index in [0.717, 1.165) is 35.7 Å². The van der Waals surface area contributed by atoms with E-state index in [1.807, 2.05) is 25.2 Å². The summed E-state index contributed by atoms with van der Waals surface area (Å²) in [7, 11) is 9.05. The Morgan fingerprint density at radius 3 is 2.47 bits per heavy atom. The summed E-state index contributed by atoms with van der Waals surface area (Å²) >= 11 is 7.74. The van der Waals surface area contributed by atoms with Crippen LogP contribution in [0.25, 0.3) is 0 Å². The number of rotatable bonds is 16. The van der Waals surface area contributed by atoms with Crippen LogP contribution < -0.4 is 15.0 Å². The second kappa shape index (κ2) is 27.2. The van der Waals surface area contributed by atoms with Gasteiger partial charge in [-0.1, -0.05) is 67.1 Å². The number of amides is 5. The molecule has 3 aliphatic heterocycles. The average molecular weight is 1090 g/mol. The smallest absolute Gasteiger partial charge is 0.410 e. The number of carbonyl (C=O) groups excluding carboxylic acids is 7. The van der Waals surface area contributed by atoms with Gasteiger partial charge in [-0.2, -0.15) is 0 Å². The molecule has 2 unspecified atom stereocenters. The zero-order valence-corrected chi connectivity index (χ0v) is 46.7. The molecule has 2 saturated heterocycles. The highest BCUT2D eigenvalue weighted by Crippen LogP contribution is 2.49. The van der Waals surface area contributed by atoms with Crippen molar-refractivity contribution in [1.29, 1.82) is 0 Å². The summed E-state index contributed by atoms with van der Waals surface area (Å²) in [4.78, 5) is 98.0. The second-order valence-corrected chi connectivity index (χ2v) is 21.4. The van der Waals surface area contributed by atoms with Crippen LogP contribution in [0, 0.1) is 5.92 Å². The lowest BCUT2D eigenvalue weighted by atomic mass is 9.83. The van der Waals surface area contributed by atoms with Crippen LogP contribution in [0.4, 0.5) is 20.1 Å². The summed E-state index contributed by atoms with van der Waals surface area (Å²) < 4.78 is 40.9. The number of esters is 1. The number of nitrogens with zero attached hydrogens (tertiary/aromatic N) is 4. The van der Waals surface area contributed by atoms with Crippen molar-refractivity contribution >= 4 is 70.0 Å². The number of ketones is 1. The SMILES string of the molecule is CCC(=O)COC1C/C=C/C(OC(=O)N(C)CCN(C)C(=O)SCCC(=O)N(C)[C@@H](C)C(=O)O[C@H]2CC(=O)N(C)c3cc(cc(OC)c3Cl)C/C(C)=C/C=C/[C@@H](OC)[C@@]3(O)C[C@H](OC(=O)N3)[C@@H](C)[C@@H]3O[C@@]23C)CCC1. The van der Waals surface area contributed by atoms with Crippen molar-refractivity contribution < 1.29 is 71.8 Å². The van der Waals surface area contributed by atoms with Gasteiger partial charge in [0.15, 0.2) is 11.5 Å². The first kappa shape index (κ1) is 60.7. The first-order valence-corrected chi connectivity index (χ1v) is 26.8. The van der Waals surface area contributed by atoms with Crippen molar-refractivity contribution in [2.24, 2.45) is 5.92 Å². The van der Waals surface area contributed by atoms with E-state index in [1.165, 1.54) is 47.8 Å². The molecule has 5 amide bonds. The molecule has 20 nitrogen and oxygen atoms in total. The minimum atomic E-state index is -1.88. The van der Waals surface area contributed by atoms with Crippen molar-refractivity contribution in [1.82, 2.24) is 20.0 Å². The highest BCUT2D eigenvalue weighted by atomic mass is 35.5. The van der Waals surface area contributed by atoms with Crippen LogP contribution in [0.3, 0.4) is 0 Å². The maximum Gasteiger partial charge on any atom is 0.410 e. The molecule has 416 valence electrons. The molecule has 2 fully saturated rings. The van der Waals surface area contributed by atoms with Crippen LogP contribution in [0.5, 0.6) is 5.75 Å². The fourth-order valence-electron chi connectivity index (χ4n) is 9.14. The molecule has 0 aromatic heterocycles. The summed E-state index contributed by atoms with van der Waals surface area (Å²) in [5.41, 5.74) is -1.17. The highest BCUT2D eigenvalue weighted by Gasteiger charge is 2.64. The summed E-state index contributed by atoms with van der Waals surface area (Å²) in [5, 5.41) is 14.2. The third-order valence-corrected chi connectivity index (χ3v) is 15.7. The Bertz CT molecular complexity index is 2340. The van der Waals surface area contributed by atoms with Gasteiger partial charge in [-0.05, 0) is 76.6 Å². The van der Waals surface area contributed by atoms with Crippen LogP contribution in [-0.4, -0.2) is 183 Å². The molecular weight excluding hydrogens is 1010 g/mol. The summed E-state index contributed by atoms with van der Waals surface area (Å²) in [5.74, 6) is -1.87. The van der Waals surface area contributed by atoms with Crippen molar-refractivity contribution in [3.63, 3.8) is 0 Å². The Balaban J connectivity index is 1.20. The third kappa shape index (κ3) is 16.2. The molecule has 75 heavy (non-hydrogen) atoms. The molecular formula is C53H76ClN5O15S. The van der Waals surface area contributed by atoms with Gasteiger partial charge in [0.1, 0.15) is 53.4 Å². The lowest BCUT2D eigenvalue weighted by molar-refractivity contribution is -0.162. The third-order valence-electron chi connectivity index (χ3n) is 14.4. The summed E-state index contributed by atoms with van der Waals surface area (Å²) in [6.45, 7) is 9.15. The van der Waals surface area contributed by atoms with Crippen molar-refractivity contribution in [3.8, 4) is 5.75 Å². The largest absolute Gasteiger partial charge is 0.495 e. The van der Waals surface area contributed by atoms with Gasteiger partial charge in [0.25, 0.3) is 5.24 Å². The van der Waals surface area contributed by atoms with Gasteiger partial charge in [0, 0.05) is 79.3 Å². The van der Waals surface area contributed by atoms with E-state index in [0.29, 0.717) is 37.1 Å². The predicted molar refractivity (Wildman–Crippen MR) is 282 cm³/mol. The van der Waals surface area contributed by atoms with Crippen LogP contribution in [0.15, 0.2) is 48.1 Å². The number of fused-ring (bicyclic) bond motifs is 5. The molecule has 22 heteroatoms. The average Bonchev–Trinajstić information content (AvgIpc) is 4.07. The Labute approximate surface area is 449 Å². The number of hydrogen-bond donors (Lipinski definition) is 2. The number of allylic oxidation sites excluding steroid dienone is 3. The number of methoxy groups -OCH3 is 2. The van der Waals surface area contributed by atoms with E-state index >= 15 is 0 Å². The van der Waals surface area contributed by atoms with Gasteiger partial charge >= 0.3 is 18.2 Å². The highest BCUT2D eigenvalue weighted by molar-refractivity contribution is 8.13. The number of hydrogen-bond acceptors (Lipinski definition) is 16. The minimum absolute atomic E-state index is 0.0558. The van der Waals surface area contributed by atoms with Crippen LogP contribution >= 0.6 is 23.4 Å². The molecule has 2 N–H and O–H groups in total. The molecule has 5 rings (SSSR count). The van der Waals surface area contributed by atoms with Crippen molar-refractivity contribution in [2.45, 2.75) is 146 Å². The molecule has 0 radical (unpaired) electrons. The molecule has 1 aliphatic carbocycles. The Hall–Kier alpha value is -5.19. The van der Waals surface area contributed by atoms with Gasteiger partial charge in [-0.25, -0.2) is 14.4 Å². The Morgan fingerprint density at radius 1 is 1.05 bits per heavy atom. The molecule has 1 aromatic rings. The van der Waals surface area contributed by atoms with E-state index in [-0.39, 0.29) is 66.9 Å². The minimum Gasteiger partial charge on any atom is -0.495 e. The number of Topliss-reactive ketones (excluding diaryl/α,β-unsaturated/α-hetero) is 1. The van der Waals surface area contributed by atoms with Crippen LogP contribution in [0.1, 0.15) is 91.5 Å². The zero-order chi connectivity index (χ0) is 55.4. The van der Waals surface area contributed by atoms with Gasteiger partial charge in [-0.15, -0.1) is 0 Å². The predicted octanol–water partition coefficient (Wildman–Crippen LogP) is 6.62. The van der Waals surface area contributed by atoms with Crippen LogP contribution in [-0.2, 0) is 54.0 Å². The number of thioether (sulfide) groups is 1. The number of ether oxygens (including phenoxy) is 7. The molecule has 3 heterocycles. The first-order valence-electron chi connectivity index (χ1n) is 25.4. The monoisotopic (exact) mass is 1090 g/mol. The number of benzene rings is 1. The lowest BCUT2D eigenvalue weighted by Gasteiger charge is -2.42. The lowest BCUT2D eigenvalue weighted by Crippen LogP contribution is -2.63. The molecule has 4 bridgehead atoms. The van der Waals surface area contributed by atoms with Gasteiger partial charge in [0.2, 0.25) is 11.8 Å². The number of likely N-dealkylation sites (N-methyl/N-ethyl adjacent to an activating group) is 3. The molecule has 4 aliphatic rings. The molecule has 0 spiro atoms. The van der Waals surface area contributed by atoms with E-state index in [9.17, 15) is 38.7 Å². The van der Waals surface area contributed by atoms with Gasteiger partial charge < -0.3 is 57.9 Å². The second-order valence-electron chi connectivity index (χ2n) is 20.0.